The Hall–Kier alpha value is -0.0800. The molecule has 0 heterocycles. The number of rotatable bonds is 12. The molecule has 1 saturated carbocycles. The lowest BCUT2D eigenvalue weighted by molar-refractivity contribution is -0.0889. The summed E-state index contributed by atoms with van der Waals surface area (Å²) in [6.45, 7) is 20.0. The van der Waals surface area contributed by atoms with E-state index in [0.717, 1.165) is 17.8 Å². The first kappa shape index (κ1) is 27.9. The van der Waals surface area contributed by atoms with Crippen LogP contribution in [0.25, 0.3) is 0 Å². The first-order valence-electron chi connectivity index (χ1n) is 12.4. The fourth-order valence-corrected chi connectivity index (χ4v) is 4.37. The highest BCUT2D eigenvalue weighted by atomic mass is 16.5. The van der Waals surface area contributed by atoms with Crippen LogP contribution in [-0.2, 0) is 4.74 Å². The molecule has 0 bridgehead atoms. The Morgan fingerprint density at radius 2 is 1.46 bits per heavy atom. The standard InChI is InChI=1S/C24H48O2.C2H6/c1-19(2)9-8-10-20(3)11-12-21-13-15-22(16-14-21)24(6,7)26-18-17-23(4,5)25;1-2/h19-22,25H,8-18H2,1-7H3;1-2H3. The molecule has 1 fully saturated rings. The Kier molecular flexibility index (Phi) is 14.0. The quantitative estimate of drug-likeness (QED) is 0.360. The predicted octanol–water partition coefficient (Wildman–Crippen LogP) is 8.02. The van der Waals surface area contributed by atoms with Crippen molar-refractivity contribution in [2.75, 3.05) is 6.61 Å². The van der Waals surface area contributed by atoms with E-state index in [0.29, 0.717) is 18.9 Å². The molecular weight excluding hydrogens is 344 g/mol. The van der Waals surface area contributed by atoms with Crippen LogP contribution in [0.5, 0.6) is 0 Å². The monoisotopic (exact) mass is 398 g/mol. The molecule has 28 heavy (non-hydrogen) atoms. The third kappa shape index (κ3) is 13.2. The maximum Gasteiger partial charge on any atom is 0.0654 e. The molecule has 1 aliphatic rings. The van der Waals surface area contributed by atoms with E-state index in [9.17, 15) is 5.11 Å². The third-order valence-corrected chi connectivity index (χ3v) is 6.56. The second-order valence-electron chi connectivity index (χ2n) is 10.7. The van der Waals surface area contributed by atoms with E-state index in [4.69, 9.17) is 4.74 Å². The van der Waals surface area contributed by atoms with Gasteiger partial charge in [0.25, 0.3) is 0 Å². The molecule has 1 N–H and O–H groups in total. The molecule has 0 aromatic heterocycles. The van der Waals surface area contributed by atoms with Gasteiger partial charge < -0.3 is 9.84 Å². The summed E-state index contributed by atoms with van der Waals surface area (Å²) >= 11 is 0. The zero-order chi connectivity index (χ0) is 21.8. The Morgan fingerprint density at radius 1 is 0.893 bits per heavy atom. The van der Waals surface area contributed by atoms with Gasteiger partial charge in [0.1, 0.15) is 0 Å². The minimum Gasteiger partial charge on any atom is -0.390 e. The molecule has 1 unspecified atom stereocenters. The minimum absolute atomic E-state index is 0.0552. The molecule has 0 aliphatic heterocycles. The molecular formula is C26H54O2. The van der Waals surface area contributed by atoms with Crippen molar-refractivity contribution in [1.29, 1.82) is 0 Å². The maximum absolute atomic E-state index is 9.86. The number of aliphatic hydroxyl groups is 1. The van der Waals surface area contributed by atoms with Crippen LogP contribution in [0.1, 0.15) is 127 Å². The number of ether oxygens (including phenoxy) is 1. The van der Waals surface area contributed by atoms with Gasteiger partial charge in [-0.25, -0.2) is 0 Å². The van der Waals surface area contributed by atoms with E-state index in [-0.39, 0.29) is 5.60 Å². The molecule has 0 radical (unpaired) electrons. The lowest BCUT2D eigenvalue weighted by atomic mass is 9.73. The summed E-state index contributed by atoms with van der Waals surface area (Å²) in [5.41, 5.74) is -0.681. The van der Waals surface area contributed by atoms with Crippen LogP contribution in [0.2, 0.25) is 0 Å². The number of hydrogen-bond donors (Lipinski definition) is 1. The van der Waals surface area contributed by atoms with Gasteiger partial charge >= 0.3 is 0 Å². The van der Waals surface area contributed by atoms with Gasteiger partial charge in [-0.15, -0.1) is 0 Å². The lowest BCUT2D eigenvalue weighted by Crippen LogP contribution is -2.38. The molecule has 2 heteroatoms. The SMILES string of the molecule is CC.CC(C)CCCC(C)CCC1CCC(C(C)(C)OCCC(C)(C)O)CC1. The van der Waals surface area contributed by atoms with E-state index in [2.05, 4.69) is 34.6 Å². The highest BCUT2D eigenvalue weighted by Crippen LogP contribution is 2.39. The van der Waals surface area contributed by atoms with Gasteiger partial charge in [-0.3, -0.25) is 0 Å². The molecule has 170 valence electrons. The molecule has 1 rings (SSSR count). The van der Waals surface area contributed by atoms with Crippen molar-refractivity contribution in [3.8, 4) is 0 Å². The highest BCUT2D eigenvalue weighted by Gasteiger charge is 2.34. The average molecular weight is 399 g/mol. The van der Waals surface area contributed by atoms with E-state index in [1.54, 1.807) is 0 Å². The molecule has 0 aromatic rings. The first-order chi connectivity index (χ1) is 13.0. The summed E-state index contributed by atoms with van der Waals surface area (Å²) in [7, 11) is 0. The Labute approximate surface area is 178 Å². The zero-order valence-electron chi connectivity index (χ0n) is 20.9. The molecule has 0 spiro atoms. The summed E-state index contributed by atoms with van der Waals surface area (Å²) in [6.07, 6.45) is 13.1. The van der Waals surface area contributed by atoms with Crippen LogP contribution in [0.4, 0.5) is 0 Å². The summed E-state index contributed by atoms with van der Waals surface area (Å²) in [4.78, 5) is 0. The molecule has 1 atom stereocenters. The minimum atomic E-state index is -0.625. The van der Waals surface area contributed by atoms with Gasteiger partial charge in [0.15, 0.2) is 0 Å². The zero-order valence-corrected chi connectivity index (χ0v) is 20.9. The largest absolute Gasteiger partial charge is 0.390 e. The van der Waals surface area contributed by atoms with E-state index >= 15 is 0 Å². The molecule has 0 saturated heterocycles. The molecule has 0 aromatic carbocycles. The van der Waals surface area contributed by atoms with Crippen LogP contribution in [0, 0.1) is 23.7 Å². The molecule has 2 nitrogen and oxygen atoms in total. The van der Waals surface area contributed by atoms with E-state index in [1.807, 2.05) is 27.7 Å². The Bertz CT molecular complexity index is 359. The van der Waals surface area contributed by atoms with E-state index < -0.39 is 5.60 Å². The fourth-order valence-electron chi connectivity index (χ4n) is 4.37. The number of hydrogen-bond acceptors (Lipinski definition) is 2. The van der Waals surface area contributed by atoms with Crippen molar-refractivity contribution in [2.45, 2.75) is 138 Å². The Morgan fingerprint density at radius 3 is 1.96 bits per heavy atom. The van der Waals surface area contributed by atoms with Gasteiger partial charge in [-0.05, 0) is 70.6 Å². The van der Waals surface area contributed by atoms with Crippen LogP contribution < -0.4 is 0 Å². The van der Waals surface area contributed by atoms with Crippen molar-refractivity contribution in [2.24, 2.45) is 23.7 Å². The molecule has 0 amide bonds. The maximum atomic E-state index is 9.86. The second-order valence-corrected chi connectivity index (χ2v) is 10.7. The predicted molar refractivity (Wildman–Crippen MR) is 125 cm³/mol. The third-order valence-electron chi connectivity index (χ3n) is 6.56. The summed E-state index contributed by atoms with van der Waals surface area (Å²) in [5.74, 6) is 3.36. The van der Waals surface area contributed by atoms with Crippen LogP contribution in [0.3, 0.4) is 0 Å². The summed E-state index contributed by atoms with van der Waals surface area (Å²) in [5, 5.41) is 9.86. The second kappa shape index (κ2) is 14.0. The van der Waals surface area contributed by atoms with Crippen molar-refractivity contribution < 1.29 is 9.84 Å². The lowest BCUT2D eigenvalue weighted by Gasteiger charge is -2.40. The molecule has 1 aliphatic carbocycles. The van der Waals surface area contributed by atoms with Gasteiger partial charge in [-0.2, -0.15) is 0 Å². The van der Waals surface area contributed by atoms with E-state index in [1.165, 1.54) is 57.8 Å². The van der Waals surface area contributed by atoms with Crippen LogP contribution in [0.15, 0.2) is 0 Å². The van der Waals surface area contributed by atoms with Crippen molar-refractivity contribution >= 4 is 0 Å². The summed E-state index contributed by atoms with van der Waals surface area (Å²) < 4.78 is 6.18. The fraction of sp³-hybridized carbons (Fsp3) is 1.00. The smallest absolute Gasteiger partial charge is 0.0654 e. The first-order valence-corrected chi connectivity index (χ1v) is 12.4. The average Bonchev–Trinajstić information content (AvgIpc) is 2.60. The van der Waals surface area contributed by atoms with Gasteiger partial charge in [0.2, 0.25) is 0 Å². The summed E-state index contributed by atoms with van der Waals surface area (Å²) in [6, 6.07) is 0. The highest BCUT2D eigenvalue weighted by molar-refractivity contribution is 4.85. The van der Waals surface area contributed by atoms with Crippen molar-refractivity contribution in [1.82, 2.24) is 0 Å². The topological polar surface area (TPSA) is 29.5 Å². The van der Waals surface area contributed by atoms with Crippen molar-refractivity contribution in [3.63, 3.8) is 0 Å². The van der Waals surface area contributed by atoms with Crippen LogP contribution in [-0.4, -0.2) is 22.9 Å². The normalized spacial score (nSPS) is 22.0. The van der Waals surface area contributed by atoms with Gasteiger partial charge in [-0.1, -0.05) is 79.6 Å². The Balaban J connectivity index is 0.00000352. The van der Waals surface area contributed by atoms with Gasteiger partial charge in [0, 0.05) is 0 Å². The van der Waals surface area contributed by atoms with Crippen LogP contribution >= 0.6 is 0 Å². The van der Waals surface area contributed by atoms with Gasteiger partial charge in [0.05, 0.1) is 17.8 Å². The van der Waals surface area contributed by atoms with Crippen molar-refractivity contribution in [3.05, 3.63) is 0 Å².